The fourth-order valence-electron chi connectivity index (χ4n) is 2.50. The van der Waals surface area contributed by atoms with E-state index in [1.165, 1.54) is 25.2 Å². The Labute approximate surface area is 143 Å². The van der Waals surface area contributed by atoms with Crippen LogP contribution in [0.2, 0.25) is 0 Å². The predicted molar refractivity (Wildman–Crippen MR) is 82.0 cm³/mol. The number of carboxylic acid groups (broad SMARTS) is 1. The van der Waals surface area contributed by atoms with E-state index in [-0.39, 0.29) is 16.9 Å². The largest absolute Gasteiger partial charge is 0.479 e. The van der Waals surface area contributed by atoms with Crippen molar-refractivity contribution in [3.05, 3.63) is 41.7 Å². The molecular weight excluding hydrogens is 358 g/mol. The Hall–Kier alpha value is -3.17. The molecule has 3 aromatic rings. The van der Waals surface area contributed by atoms with Crippen LogP contribution in [0.3, 0.4) is 0 Å². The Bertz CT molecular complexity index is 998. The maximum atomic E-state index is 14.1. The van der Waals surface area contributed by atoms with Crippen LogP contribution in [0.4, 0.5) is 17.6 Å². The van der Waals surface area contributed by atoms with Gasteiger partial charge < -0.3 is 9.84 Å². The van der Waals surface area contributed by atoms with E-state index in [0.29, 0.717) is 6.07 Å². The summed E-state index contributed by atoms with van der Waals surface area (Å²) in [7, 11) is 1.35. The van der Waals surface area contributed by atoms with Crippen molar-refractivity contribution in [1.29, 1.82) is 0 Å². The maximum absolute atomic E-state index is 14.1. The van der Waals surface area contributed by atoms with Crippen LogP contribution >= 0.6 is 0 Å². The summed E-state index contributed by atoms with van der Waals surface area (Å²) in [5, 5.41) is 12.2. The molecule has 0 bridgehead atoms. The average Bonchev–Trinajstić information content (AvgIpc) is 2.88. The molecule has 0 aliphatic carbocycles. The van der Waals surface area contributed by atoms with Crippen LogP contribution < -0.4 is 4.74 Å². The standard InChI is InChI=1S/C16H11F4N3O3/c1-23-15-13(14(22-23)8-4-2-3-5-10(8)17)9(16(18,19)20)6-11(21-15)26-7-12(24)25/h2-6H,7H2,1H3,(H,24,25). The molecule has 10 heteroatoms. The third-order valence-corrected chi connectivity index (χ3v) is 3.55. The van der Waals surface area contributed by atoms with Gasteiger partial charge in [0.05, 0.1) is 10.9 Å². The van der Waals surface area contributed by atoms with Gasteiger partial charge in [0, 0.05) is 18.7 Å². The minimum absolute atomic E-state index is 0.107. The van der Waals surface area contributed by atoms with E-state index < -0.39 is 41.4 Å². The van der Waals surface area contributed by atoms with E-state index in [1.807, 2.05) is 0 Å². The van der Waals surface area contributed by atoms with Gasteiger partial charge in [-0.2, -0.15) is 23.3 Å². The molecule has 0 atom stereocenters. The molecule has 1 N–H and O–H groups in total. The lowest BCUT2D eigenvalue weighted by Crippen LogP contribution is -2.12. The number of aromatic nitrogens is 3. The molecule has 0 radical (unpaired) electrons. The first-order valence-corrected chi connectivity index (χ1v) is 7.23. The zero-order chi connectivity index (χ0) is 19.1. The predicted octanol–water partition coefficient (Wildman–Crippen LogP) is 3.26. The topological polar surface area (TPSA) is 77.2 Å². The molecule has 0 saturated carbocycles. The lowest BCUT2D eigenvalue weighted by Gasteiger charge is -2.11. The van der Waals surface area contributed by atoms with Crippen molar-refractivity contribution in [3.8, 4) is 17.1 Å². The molecule has 0 amide bonds. The van der Waals surface area contributed by atoms with Crippen LogP contribution in [0, 0.1) is 5.82 Å². The number of hydrogen-bond donors (Lipinski definition) is 1. The number of aliphatic carboxylic acids is 1. The quantitative estimate of drug-likeness (QED) is 0.715. The summed E-state index contributed by atoms with van der Waals surface area (Å²) < 4.78 is 60.6. The number of rotatable bonds is 4. The average molecular weight is 369 g/mol. The number of carboxylic acids is 1. The number of carbonyl (C=O) groups is 1. The molecule has 0 aliphatic heterocycles. The van der Waals surface area contributed by atoms with E-state index in [4.69, 9.17) is 9.84 Å². The molecule has 0 saturated heterocycles. The van der Waals surface area contributed by atoms with Crippen molar-refractivity contribution in [2.45, 2.75) is 6.18 Å². The van der Waals surface area contributed by atoms with Gasteiger partial charge in [0.1, 0.15) is 11.5 Å². The Morgan fingerprint density at radius 2 is 2.00 bits per heavy atom. The molecule has 0 aliphatic rings. The van der Waals surface area contributed by atoms with Crippen LogP contribution in [0.15, 0.2) is 30.3 Å². The molecule has 3 rings (SSSR count). The van der Waals surface area contributed by atoms with Crippen molar-refractivity contribution in [1.82, 2.24) is 14.8 Å². The molecule has 2 aromatic heterocycles. The summed E-state index contributed by atoms with van der Waals surface area (Å²) in [4.78, 5) is 14.5. The normalized spacial score (nSPS) is 11.7. The lowest BCUT2D eigenvalue weighted by atomic mass is 10.0. The molecule has 0 unspecified atom stereocenters. The molecular formula is C16H11F4N3O3. The molecule has 0 fully saturated rings. The number of aryl methyl sites for hydroxylation is 1. The summed E-state index contributed by atoms with van der Waals surface area (Å²) in [6, 6.07) is 5.89. The van der Waals surface area contributed by atoms with Crippen molar-refractivity contribution in [2.24, 2.45) is 7.05 Å². The van der Waals surface area contributed by atoms with E-state index in [1.54, 1.807) is 0 Å². The van der Waals surface area contributed by atoms with Crippen LogP contribution in [-0.2, 0) is 18.0 Å². The maximum Gasteiger partial charge on any atom is 0.417 e. The Kier molecular flexibility index (Phi) is 4.26. The van der Waals surface area contributed by atoms with Gasteiger partial charge >= 0.3 is 12.1 Å². The fourth-order valence-corrected chi connectivity index (χ4v) is 2.50. The number of benzene rings is 1. The Balaban J connectivity index is 2.30. The Morgan fingerprint density at radius 1 is 1.31 bits per heavy atom. The molecule has 26 heavy (non-hydrogen) atoms. The van der Waals surface area contributed by atoms with Gasteiger partial charge in [0.25, 0.3) is 0 Å². The Morgan fingerprint density at radius 3 is 2.62 bits per heavy atom. The lowest BCUT2D eigenvalue weighted by molar-refractivity contribution is -0.139. The first-order chi connectivity index (χ1) is 12.2. The van der Waals surface area contributed by atoms with E-state index in [9.17, 15) is 22.4 Å². The van der Waals surface area contributed by atoms with Gasteiger partial charge in [-0.25, -0.2) is 13.9 Å². The summed E-state index contributed by atoms with van der Waals surface area (Å²) in [6.07, 6.45) is -4.81. The van der Waals surface area contributed by atoms with E-state index >= 15 is 0 Å². The minimum Gasteiger partial charge on any atom is -0.479 e. The summed E-state index contributed by atoms with van der Waals surface area (Å²) in [6.45, 7) is -0.853. The van der Waals surface area contributed by atoms with E-state index in [0.717, 1.165) is 10.7 Å². The second-order valence-corrected chi connectivity index (χ2v) is 5.34. The first kappa shape index (κ1) is 17.6. The van der Waals surface area contributed by atoms with Gasteiger partial charge in [-0.15, -0.1) is 0 Å². The SMILES string of the molecule is Cn1nc(-c2ccccc2F)c2c(C(F)(F)F)cc(OCC(=O)O)nc21. The number of fused-ring (bicyclic) bond motifs is 1. The van der Waals surface area contributed by atoms with Gasteiger partial charge in [0.2, 0.25) is 5.88 Å². The van der Waals surface area contributed by atoms with Crippen LogP contribution in [0.1, 0.15) is 5.56 Å². The number of nitrogens with zero attached hydrogens (tertiary/aromatic N) is 3. The van der Waals surface area contributed by atoms with Gasteiger partial charge in [-0.05, 0) is 12.1 Å². The molecule has 6 nitrogen and oxygen atoms in total. The highest BCUT2D eigenvalue weighted by molar-refractivity contribution is 5.94. The minimum atomic E-state index is -4.81. The third kappa shape index (κ3) is 3.17. The van der Waals surface area contributed by atoms with E-state index in [2.05, 4.69) is 10.1 Å². The van der Waals surface area contributed by atoms with Crippen LogP contribution in [0.25, 0.3) is 22.3 Å². The summed E-state index contributed by atoms with van der Waals surface area (Å²) in [5.41, 5.74) is -1.68. The number of halogens is 4. The van der Waals surface area contributed by atoms with Crippen LogP contribution in [0.5, 0.6) is 5.88 Å². The number of ether oxygens (including phenoxy) is 1. The summed E-state index contributed by atoms with van der Waals surface area (Å²) >= 11 is 0. The zero-order valence-electron chi connectivity index (χ0n) is 13.2. The molecule has 1 aromatic carbocycles. The highest BCUT2D eigenvalue weighted by atomic mass is 19.4. The van der Waals surface area contributed by atoms with Crippen molar-refractivity contribution in [3.63, 3.8) is 0 Å². The van der Waals surface area contributed by atoms with Gasteiger partial charge in [-0.1, -0.05) is 12.1 Å². The first-order valence-electron chi connectivity index (χ1n) is 7.23. The van der Waals surface area contributed by atoms with Crippen molar-refractivity contribution >= 4 is 17.0 Å². The number of pyridine rings is 1. The zero-order valence-corrected chi connectivity index (χ0v) is 13.2. The second-order valence-electron chi connectivity index (χ2n) is 5.34. The molecule has 0 spiro atoms. The number of hydrogen-bond acceptors (Lipinski definition) is 4. The monoisotopic (exact) mass is 369 g/mol. The highest BCUT2D eigenvalue weighted by Crippen LogP contribution is 2.40. The van der Waals surface area contributed by atoms with Crippen molar-refractivity contribution < 1.29 is 32.2 Å². The fraction of sp³-hybridized carbons (Fsp3) is 0.188. The summed E-state index contributed by atoms with van der Waals surface area (Å²) in [5.74, 6) is -2.61. The van der Waals surface area contributed by atoms with Gasteiger partial charge in [0.15, 0.2) is 12.3 Å². The third-order valence-electron chi connectivity index (χ3n) is 3.55. The number of alkyl halides is 3. The highest BCUT2D eigenvalue weighted by Gasteiger charge is 2.36. The molecule has 2 heterocycles. The second kappa shape index (κ2) is 6.28. The smallest absolute Gasteiger partial charge is 0.417 e. The van der Waals surface area contributed by atoms with Crippen molar-refractivity contribution in [2.75, 3.05) is 6.61 Å². The molecule has 136 valence electrons. The van der Waals surface area contributed by atoms with Crippen LogP contribution in [-0.4, -0.2) is 32.4 Å². The van der Waals surface area contributed by atoms with Gasteiger partial charge in [-0.3, -0.25) is 0 Å².